The number of hydrogen-bond acceptors (Lipinski definition) is 3. The minimum Gasteiger partial charge on any atom is -0.480 e. The van der Waals surface area contributed by atoms with Crippen LogP contribution in [0.15, 0.2) is 30.3 Å². The SMILES string of the molecule is Cc1cc([C@H]2N[C@H](C(=O)O)Cc3c2[nH]c2ccccc32)nn1C. The summed E-state index contributed by atoms with van der Waals surface area (Å²) in [6, 6.07) is 9.15. The van der Waals surface area contributed by atoms with E-state index in [1.807, 2.05) is 49.0 Å². The molecule has 6 nitrogen and oxygen atoms in total. The van der Waals surface area contributed by atoms with Gasteiger partial charge in [0, 0.05) is 35.8 Å². The first-order valence-electron chi connectivity index (χ1n) is 7.63. The number of para-hydroxylation sites is 1. The lowest BCUT2D eigenvalue weighted by atomic mass is 9.92. The van der Waals surface area contributed by atoms with Crippen molar-refractivity contribution in [2.45, 2.75) is 25.4 Å². The van der Waals surface area contributed by atoms with Crippen molar-refractivity contribution in [3.05, 3.63) is 53.0 Å². The Kier molecular flexibility index (Phi) is 3.02. The zero-order chi connectivity index (χ0) is 16.1. The Hall–Kier alpha value is -2.60. The molecule has 0 aliphatic carbocycles. The van der Waals surface area contributed by atoms with Gasteiger partial charge in [0.2, 0.25) is 0 Å². The number of benzene rings is 1. The van der Waals surface area contributed by atoms with Gasteiger partial charge in [-0.05, 0) is 24.6 Å². The van der Waals surface area contributed by atoms with Gasteiger partial charge in [-0.3, -0.25) is 14.8 Å². The summed E-state index contributed by atoms with van der Waals surface area (Å²) in [6.07, 6.45) is 0.469. The number of fused-ring (bicyclic) bond motifs is 3. The van der Waals surface area contributed by atoms with Gasteiger partial charge in [0.15, 0.2) is 0 Å². The van der Waals surface area contributed by atoms with E-state index in [2.05, 4.69) is 15.4 Å². The van der Waals surface area contributed by atoms with Crippen LogP contribution in [0.5, 0.6) is 0 Å². The number of aryl methyl sites for hydroxylation is 2. The van der Waals surface area contributed by atoms with Crippen LogP contribution in [0.1, 0.15) is 28.7 Å². The first kappa shape index (κ1) is 14.0. The molecular formula is C17H18N4O2. The third-order valence-corrected chi connectivity index (χ3v) is 4.64. The van der Waals surface area contributed by atoms with Crippen molar-refractivity contribution >= 4 is 16.9 Å². The van der Waals surface area contributed by atoms with Gasteiger partial charge >= 0.3 is 5.97 Å². The maximum Gasteiger partial charge on any atom is 0.321 e. The minimum atomic E-state index is -0.835. The topological polar surface area (TPSA) is 82.9 Å². The number of rotatable bonds is 2. The van der Waals surface area contributed by atoms with E-state index >= 15 is 0 Å². The van der Waals surface area contributed by atoms with Crippen molar-refractivity contribution in [3.8, 4) is 0 Å². The standard InChI is InChI=1S/C17H18N4O2/c1-9-7-13(20-21(9)2)16-15-11(8-14(19-16)17(22)23)10-5-3-4-6-12(10)18-15/h3-7,14,16,18-19H,8H2,1-2H3,(H,22,23)/t14-,16+/m0/s1. The molecule has 1 aliphatic rings. The number of hydrogen-bond donors (Lipinski definition) is 3. The summed E-state index contributed by atoms with van der Waals surface area (Å²) in [5.41, 5.74) is 4.99. The Morgan fingerprint density at radius 3 is 2.87 bits per heavy atom. The highest BCUT2D eigenvalue weighted by molar-refractivity contribution is 5.87. The lowest BCUT2D eigenvalue weighted by Gasteiger charge is -2.28. The van der Waals surface area contributed by atoms with Crippen LogP contribution in [0.2, 0.25) is 0 Å². The van der Waals surface area contributed by atoms with E-state index < -0.39 is 12.0 Å². The molecule has 118 valence electrons. The highest BCUT2D eigenvalue weighted by Crippen LogP contribution is 2.34. The second-order valence-electron chi connectivity index (χ2n) is 6.09. The highest BCUT2D eigenvalue weighted by atomic mass is 16.4. The van der Waals surface area contributed by atoms with Crippen LogP contribution in [0, 0.1) is 6.92 Å². The Labute approximate surface area is 133 Å². The number of nitrogens with zero attached hydrogens (tertiary/aromatic N) is 2. The molecule has 2 aromatic heterocycles. The van der Waals surface area contributed by atoms with Gasteiger partial charge in [0.1, 0.15) is 6.04 Å². The van der Waals surface area contributed by atoms with E-state index in [-0.39, 0.29) is 6.04 Å². The second-order valence-corrected chi connectivity index (χ2v) is 6.09. The molecule has 0 saturated heterocycles. The number of carboxylic acids is 1. The first-order valence-corrected chi connectivity index (χ1v) is 7.63. The van der Waals surface area contributed by atoms with Crippen molar-refractivity contribution in [3.63, 3.8) is 0 Å². The van der Waals surface area contributed by atoms with E-state index in [0.717, 1.165) is 33.5 Å². The fourth-order valence-electron chi connectivity index (χ4n) is 3.36. The fourth-order valence-corrected chi connectivity index (χ4v) is 3.36. The number of aromatic amines is 1. The van der Waals surface area contributed by atoms with Crippen molar-refractivity contribution in [2.24, 2.45) is 7.05 Å². The fraction of sp³-hybridized carbons (Fsp3) is 0.294. The van der Waals surface area contributed by atoms with Crippen LogP contribution in [0.4, 0.5) is 0 Å². The van der Waals surface area contributed by atoms with Gasteiger partial charge in [-0.1, -0.05) is 18.2 Å². The summed E-state index contributed by atoms with van der Waals surface area (Å²) in [5.74, 6) is -0.835. The number of nitrogens with one attached hydrogen (secondary N) is 2. The van der Waals surface area contributed by atoms with Crippen LogP contribution in [0.25, 0.3) is 10.9 Å². The molecule has 0 unspecified atom stereocenters. The molecule has 0 radical (unpaired) electrons. The molecule has 0 spiro atoms. The smallest absolute Gasteiger partial charge is 0.321 e. The molecule has 23 heavy (non-hydrogen) atoms. The molecule has 0 bridgehead atoms. The van der Waals surface area contributed by atoms with Crippen LogP contribution in [0.3, 0.4) is 0 Å². The molecular weight excluding hydrogens is 292 g/mol. The summed E-state index contributed by atoms with van der Waals surface area (Å²) < 4.78 is 1.81. The van der Waals surface area contributed by atoms with Crippen molar-refractivity contribution in [1.29, 1.82) is 0 Å². The number of carbonyl (C=O) groups is 1. The zero-order valence-electron chi connectivity index (χ0n) is 13.0. The molecule has 0 saturated carbocycles. The van der Waals surface area contributed by atoms with Crippen molar-refractivity contribution < 1.29 is 9.90 Å². The van der Waals surface area contributed by atoms with Crippen LogP contribution in [-0.4, -0.2) is 31.9 Å². The molecule has 3 aromatic rings. The van der Waals surface area contributed by atoms with E-state index in [1.54, 1.807) is 0 Å². The summed E-state index contributed by atoms with van der Waals surface area (Å²) in [6.45, 7) is 1.99. The van der Waals surface area contributed by atoms with E-state index in [4.69, 9.17) is 0 Å². The minimum absolute atomic E-state index is 0.243. The number of aromatic nitrogens is 3. The Morgan fingerprint density at radius 1 is 1.39 bits per heavy atom. The van der Waals surface area contributed by atoms with Gasteiger partial charge in [-0.25, -0.2) is 0 Å². The molecule has 1 aromatic carbocycles. The molecule has 6 heteroatoms. The Bertz CT molecular complexity index is 889. The Balaban J connectivity index is 1.91. The molecule has 3 heterocycles. The lowest BCUT2D eigenvalue weighted by Crippen LogP contribution is -2.45. The number of carboxylic acid groups (broad SMARTS) is 1. The second kappa shape index (κ2) is 4.96. The van der Waals surface area contributed by atoms with Gasteiger partial charge in [-0.15, -0.1) is 0 Å². The van der Waals surface area contributed by atoms with Crippen molar-refractivity contribution in [1.82, 2.24) is 20.1 Å². The third kappa shape index (κ3) is 2.14. The van der Waals surface area contributed by atoms with Gasteiger partial charge in [-0.2, -0.15) is 5.10 Å². The molecule has 0 amide bonds. The van der Waals surface area contributed by atoms with Crippen molar-refractivity contribution in [2.75, 3.05) is 0 Å². The van der Waals surface area contributed by atoms with Gasteiger partial charge in [0.25, 0.3) is 0 Å². The van der Waals surface area contributed by atoms with Crippen LogP contribution >= 0.6 is 0 Å². The maximum absolute atomic E-state index is 11.6. The molecule has 4 rings (SSSR count). The summed E-state index contributed by atoms with van der Waals surface area (Å²) in [5, 5.41) is 18.3. The zero-order valence-corrected chi connectivity index (χ0v) is 13.0. The average molecular weight is 310 g/mol. The van der Waals surface area contributed by atoms with Crippen LogP contribution in [-0.2, 0) is 18.3 Å². The van der Waals surface area contributed by atoms with Gasteiger partial charge in [0.05, 0.1) is 11.7 Å². The maximum atomic E-state index is 11.6. The van der Waals surface area contributed by atoms with E-state index in [1.165, 1.54) is 0 Å². The predicted molar refractivity (Wildman–Crippen MR) is 86.4 cm³/mol. The quantitative estimate of drug-likeness (QED) is 0.675. The number of H-pyrrole nitrogens is 1. The molecule has 0 fully saturated rings. The summed E-state index contributed by atoms with van der Waals surface area (Å²) in [7, 11) is 1.89. The predicted octanol–water partition coefficient (Wildman–Crippen LogP) is 1.90. The number of aliphatic carboxylic acids is 1. The Morgan fingerprint density at radius 2 is 2.17 bits per heavy atom. The largest absolute Gasteiger partial charge is 0.480 e. The lowest BCUT2D eigenvalue weighted by molar-refractivity contribution is -0.139. The molecule has 3 N–H and O–H groups in total. The third-order valence-electron chi connectivity index (χ3n) is 4.64. The summed E-state index contributed by atoms with van der Waals surface area (Å²) in [4.78, 5) is 15.0. The highest BCUT2D eigenvalue weighted by Gasteiger charge is 2.35. The summed E-state index contributed by atoms with van der Waals surface area (Å²) >= 11 is 0. The van der Waals surface area contributed by atoms with E-state index in [9.17, 15) is 9.90 Å². The average Bonchev–Trinajstić information content (AvgIpc) is 3.07. The first-order chi connectivity index (χ1) is 11.0. The van der Waals surface area contributed by atoms with E-state index in [0.29, 0.717) is 6.42 Å². The normalized spacial score (nSPS) is 20.6. The molecule has 1 aliphatic heterocycles. The van der Waals surface area contributed by atoms with Crippen LogP contribution < -0.4 is 5.32 Å². The molecule has 2 atom stereocenters. The monoisotopic (exact) mass is 310 g/mol. The van der Waals surface area contributed by atoms with Gasteiger partial charge < -0.3 is 10.1 Å².